The van der Waals surface area contributed by atoms with Gasteiger partial charge in [0, 0.05) is 16.2 Å². The number of halogens is 1. The van der Waals surface area contributed by atoms with Crippen LogP contribution in [0.2, 0.25) is 5.02 Å². The first-order valence-electron chi connectivity index (χ1n) is 6.58. The Balaban J connectivity index is 2.48. The largest absolute Gasteiger partial charge is 0.492 e. The van der Waals surface area contributed by atoms with Crippen LogP contribution in [-0.4, -0.2) is 19.2 Å². The van der Waals surface area contributed by atoms with Gasteiger partial charge in [-0.25, -0.2) is 4.79 Å². The van der Waals surface area contributed by atoms with Crippen molar-refractivity contribution in [3.05, 3.63) is 51.9 Å². The van der Waals surface area contributed by atoms with E-state index in [4.69, 9.17) is 25.8 Å². The normalized spacial score (nSPS) is 17.1. The molecule has 0 aliphatic carbocycles. The summed E-state index contributed by atoms with van der Waals surface area (Å²) in [6, 6.07) is 7.10. The van der Waals surface area contributed by atoms with Gasteiger partial charge in [0.2, 0.25) is 5.76 Å². The van der Waals surface area contributed by atoms with E-state index in [0.717, 1.165) is 5.56 Å². The molecular weight excluding hydrogens is 292 g/mol. The average molecular weight is 309 g/mol. The van der Waals surface area contributed by atoms with Crippen molar-refractivity contribution in [1.82, 2.24) is 0 Å². The van der Waals surface area contributed by atoms with Crippen LogP contribution in [-0.2, 0) is 19.0 Å². The molecule has 1 heterocycles. The van der Waals surface area contributed by atoms with E-state index in [0.29, 0.717) is 22.1 Å². The number of esters is 1. The Labute approximate surface area is 129 Å². The molecule has 0 N–H and O–H groups in total. The molecule has 21 heavy (non-hydrogen) atoms. The summed E-state index contributed by atoms with van der Waals surface area (Å²) >= 11 is 5.88. The van der Waals surface area contributed by atoms with Gasteiger partial charge in [-0.05, 0) is 45.0 Å². The first-order chi connectivity index (χ1) is 9.93. The Morgan fingerprint density at radius 3 is 2.38 bits per heavy atom. The smallest absolute Gasteiger partial charge is 0.379 e. The van der Waals surface area contributed by atoms with E-state index < -0.39 is 5.97 Å². The van der Waals surface area contributed by atoms with E-state index in [1.165, 1.54) is 7.11 Å². The van der Waals surface area contributed by atoms with Crippen LogP contribution in [0.15, 0.2) is 41.4 Å². The van der Waals surface area contributed by atoms with Crippen LogP contribution in [0.25, 0.3) is 5.76 Å². The number of carbonyl (C=O) groups is 1. The lowest BCUT2D eigenvalue weighted by Gasteiger charge is -2.10. The van der Waals surface area contributed by atoms with Crippen molar-refractivity contribution >= 4 is 23.3 Å². The fourth-order valence-electron chi connectivity index (χ4n) is 2.00. The third-order valence-electron chi connectivity index (χ3n) is 2.93. The number of rotatable bonds is 4. The number of ether oxygens (including phenoxy) is 3. The van der Waals surface area contributed by atoms with Crippen molar-refractivity contribution in [3.8, 4) is 0 Å². The monoisotopic (exact) mass is 308 g/mol. The molecule has 1 aliphatic heterocycles. The maximum absolute atomic E-state index is 11.9. The maximum atomic E-state index is 11.9. The Bertz CT molecular complexity index is 612. The van der Waals surface area contributed by atoms with Crippen molar-refractivity contribution < 1.29 is 19.0 Å². The summed E-state index contributed by atoms with van der Waals surface area (Å²) in [5.74, 6) is 0.573. The summed E-state index contributed by atoms with van der Waals surface area (Å²) < 4.78 is 16.2. The molecule has 0 bridgehead atoms. The molecule has 1 aromatic carbocycles. The highest BCUT2D eigenvalue weighted by atomic mass is 35.5. The number of hydrogen-bond donors (Lipinski definition) is 0. The van der Waals surface area contributed by atoms with Gasteiger partial charge in [0.15, 0.2) is 11.5 Å². The summed E-state index contributed by atoms with van der Waals surface area (Å²) in [5, 5.41) is 0.624. The van der Waals surface area contributed by atoms with Crippen LogP contribution in [0.4, 0.5) is 0 Å². The Morgan fingerprint density at radius 1 is 1.24 bits per heavy atom. The van der Waals surface area contributed by atoms with Gasteiger partial charge in [-0.2, -0.15) is 0 Å². The number of allylic oxidation sites excluding steroid dienone is 1. The average Bonchev–Trinajstić information content (AvgIpc) is 2.70. The molecule has 2 rings (SSSR count). The van der Waals surface area contributed by atoms with Gasteiger partial charge in [0.05, 0.1) is 13.2 Å². The first-order valence-corrected chi connectivity index (χ1v) is 6.96. The van der Waals surface area contributed by atoms with E-state index in [9.17, 15) is 4.79 Å². The molecule has 0 aromatic heterocycles. The fraction of sp³-hybridized carbons (Fsp3) is 0.312. The third kappa shape index (κ3) is 3.22. The molecule has 1 aliphatic rings. The van der Waals surface area contributed by atoms with Crippen molar-refractivity contribution in [2.45, 2.75) is 26.9 Å². The van der Waals surface area contributed by atoms with Gasteiger partial charge in [0.25, 0.3) is 0 Å². The molecule has 0 fully saturated rings. The van der Waals surface area contributed by atoms with Gasteiger partial charge in [-0.15, -0.1) is 0 Å². The second-order valence-corrected chi connectivity index (χ2v) is 5.32. The van der Waals surface area contributed by atoms with Crippen molar-refractivity contribution in [3.63, 3.8) is 0 Å². The van der Waals surface area contributed by atoms with Gasteiger partial charge >= 0.3 is 5.97 Å². The number of carbonyl (C=O) groups excluding carboxylic acids is 1. The van der Waals surface area contributed by atoms with Crippen LogP contribution in [0, 0.1) is 0 Å². The predicted molar refractivity (Wildman–Crippen MR) is 80.4 cm³/mol. The molecule has 0 amide bonds. The number of methoxy groups -OCH3 is 1. The summed E-state index contributed by atoms with van der Waals surface area (Å²) in [4.78, 5) is 11.9. The quantitative estimate of drug-likeness (QED) is 0.625. The Morgan fingerprint density at radius 2 is 1.86 bits per heavy atom. The summed E-state index contributed by atoms with van der Waals surface area (Å²) in [6.07, 6.45) is -0.108. The molecule has 5 heteroatoms. The lowest BCUT2D eigenvalue weighted by atomic mass is 10.1. The molecule has 0 saturated heterocycles. The highest BCUT2D eigenvalue weighted by Crippen LogP contribution is 2.34. The zero-order valence-electron chi connectivity index (χ0n) is 12.4. The predicted octanol–water partition coefficient (Wildman–Crippen LogP) is 3.91. The Hall–Kier alpha value is -1.94. The second kappa shape index (κ2) is 6.22. The van der Waals surface area contributed by atoms with Crippen LogP contribution in [0.5, 0.6) is 0 Å². The van der Waals surface area contributed by atoms with Crippen LogP contribution < -0.4 is 0 Å². The molecule has 0 atom stereocenters. The maximum Gasteiger partial charge on any atom is 0.379 e. The van der Waals surface area contributed by atoms with E-state index in [2.05, 4.69) is 0 Å². The van der Waals surface area contributed by atoms with Crippen molar-refractivity contribution in [2.24, 2.45) is 0 Å². The Kier molecular flexibility index (Phi) is 4.58. The standard InChI is InChI=1S/C16H17ClO4/c1-9(2)20-14-10(3)13(21-16(14)18)15(19-4)11-5-7-12(17)8-6-11/h5-9H,1-4H3/b15-13-. The van der Waals surface area contributed by atoms with E-state index in [1.807, 2.05) is 13.8 Å². The molecule has 112 valence electrons. The molecule has 0 radical (unpaired) electrons. The lowest BCUT2D eigenvalue weighted by Crippen LogP contribution is -2.08. The van der Waals surface area contributed by atoms with Crippen molar-refractivity contribution in [2.75, 3.05) is 7.11 Å². The minimum Gasteiger partial charge on any atom is -0.492 e. The number of cyclic esters (lactones) is 1. The van der Waals surface area contributed by atoms with Crippen molar-refractivity contribution in [1.29, 1.82) is 0 Å². The highest BCUT2D eigenvalue weighted by molar-refractivity contribution is 6.30. The molecular formula is C16H17ClO4. The molecule has 0 saturated carbocycles. The van der Waals surface area contributed by atoms with Gasteiger partial charge in [-0.3, -0.25) is 0 Å². The summed E-state index contributed by atoms with van der Waals surface area (Å²) in [5.41, 5.74) is 1.40. The van der Waals surface area contributed by atoms with Gasteiger partial charge in [0.1, 0.15) is 0 Å². The number of hydrogen-bond acceptors (Lipinski definition) is 4. The van der Waals surface area contributed by atoms with E-state index in [-0.39, 0.29) is 11.9 Å². The van der Waals surface area contributed by atoms with E-state index in [1.54, 1.807) is 31.2 Å². The van der Waals surface area contributed by atoms with Crippen LogP contribution >= 0.6 is 11.6 Å². The highest BCUT2D eigenvalue weighted by Gasteiger charge is 2.33. The third-order valence-corrected chi connectivity index (χ3v) is 3.18. The lowest BCUT2D eigenvalue weighted by molar-refractivity contribution is -0.137. The first kappa shape index (κ1) is 15.4. The molecule has 0 unspecified atom stereocenters. The van der Waals surface area contributed by atoms with Crippen LogP contribution in [0.3, 0.4) is 0 Å². The zero-order chi connectivity index (χ0) is 15.6. The molecule has 1 aromatic rings. The summed E-state index contributed by atoms with van der Waals surface area (Å²) in [6.45, 7) is 5.48. The van der Waals surface area contributed by atoms with Gasteiger partial charge < -0.3 is 14.2 Å². The fourth-order valence-corrected chi connectivity index (χ4v) is 2.13. The topological polar surface area (TPSA) is 44.8 Å². The SMILES string of the molecule is CO/C(=C1\OC(=O)C(OC(C)C)=C1C)c1ccc(Cl)cc1. The van der Waals surface area contributed by atoms with Crippen LogP contribution in [0.1, 0.15) is 26.3 Å². The number of benzene rings is 1. The summed E-state index contributed by atoms with van der Waals surface area (Å²) in [7, 11) is 1.53. The van der Waals surface area contributed by atoms with Gasteiger partial charge in [-0.1, -0.05) is 11.6 Å². The van der Waals surface area contributed by atoms with E-state index >= 15 is 0 Å². The minimum absolute atomic E-state index is 0.108. The molecule has 0 spiro atoms. The molecule has 4 nitrogen and oxygen atoms in total. The second-order valence-electron chi connectivity index (χ2n) is 4.88. The zero-order valence-corrected chi connectivity index (χ0v) is 13.2. The minimum atomic E-state index is -0.500.